The Morgan fingerprint density at radius 1 is 0.408 bits per heavy atom. The van der Waals surface area contributed by atoms with Crippen LogP contribution in [-0.2, 0) is 81.8 Å². The van der Waals surface area contributed by atoms with Crippen LogP contribution in [0.5, 0.6) is 0 Å². The third-order valence-electron chi connectivity index (χ3n) is 17.7. The third-order valence-corrected chi connectivity index (χ3v) is 20.1. The maximum atomic E-state index is 5.42. The van der Waals surface area contributed by atoms with Gasteiger partial charge in [-0.3, -0.25) is 19.9 Å². The molecule has 15 aromatic rings. The number of hydrogen-bond donors (Lipinski definition) is 4. The quantitative estimate of drug-likeness (QED) is 0.110. The summed E-state index contributed by atoms with van der Waals surface area (Å²) in [5, 5.41) is 81.6. The van der Waals surface area contributed by atoms with Gasteiger partial charge in [0, 0.05) is 116 Å². The Labute approximate surface area is 852 Å². The van der Waals surface area contributed by atoms with E-state index in [4.69, 9.17) is 28.0 Å². The molecule has 0 spiro atoms. The number of imidazole rings is 1. The third kappa shape index (κ3) is 52.6. The fourth-order valence-electron chi connectivity index (χ4n) is 9.24. The average molecular weight is 2010 g/mol. The zero-order valence-electron chi connectivity index (χ0n) is 95.5. The molecule has 0 aliphatic rings. The largest absolute Gasteiger partial charge is 0.448 e. The van der Waals surface area contributed by atoms with E-state index in [1.165, 1.54) is 28.3 Å². The molecule has 792 valence electrons. The number of aromatic amines is 3. The molecule has 15 aromatic heterocycles. The number of nitrogens with two attached hydrogens (primary N) is 1. The fraction of sp³-hybridized carbons (Fsp3) is 0.667. The molecular formula is C99H174N36O5S2. The smallest absolute Gasteiger partial charge is 0.232 e. The van der Waals surface area contributed by atoms with Crippen molar-refractivity contribution in [2.45, 2.75) is 435 Å². The number of hydrogen-bond acceptors (Lipinski definition) is 35. The van der Waals surface area contributed by atoms with Gasteiger partial charge in [-0.2, -0.15) is 35.6 Å². The normalized spacial score (nSPS) is 11.9. The number of oxazole rings is 2. The van der Waals surface area contributed by atoms with Gasteiger partial charge in [-0.25, -0.2) is 39.0 Å². The van der Waals surface area contributed by atoms with Gasteiger partial charge in [-0.05, 0) is 170 Å². The van der Waals surface area contributed by atoms with Gasteiger partial charge in [0.1, 0.15) is 47.2 Å². The van der Waals surface area contributed by atoms with Crippen LogP contribution in [0.2, 0.25) is 0 Å². The number of anilines is 1. The molecular weight excluding hydrogens is 1840 g/mol. The highest BCUT2D eigenvalue weighted by Gasteiger charge is 2.27. The second-order valence-electron chi connectivity index (χ2n) is 48.3. The van der Waals surface area contributed by atoms with Crippen molar-refractivity contribution in [2.75, 3.05) is 5.73 Å². The topological polar surface area (TPSA) is 512 Å². The molecule has 0 radical (unpaired) electrons. The van der Waals surface area contributed by atoms with Crippen molar-refractivity contribution in [1.82, 2.24) is 176 Å². The molecule has 0 saturated carbocycles. The number of H-pyrrole nitrogens is 3. The molecule has 5 N–H and O–H groups in total. The molecule has 15 rings (SSSR count). The molecule has 43 heteroatoms. The first-order valence-corrected chi connectivity index (χ1v) is 48.7. The Balaban J connectivity index is 0.000000761. The summed E-state index contributed by atoms with van der Waals surface area (Å²) in [6.45, 7) is 105. The van der Waals surface area contributed by atoms with Crippen LogP contribution in [-0.4, -0.2) is 176 Å². The summed E-state index contributed by atoms with van der Waals surface area (Å²) >= 11 is 3.17. The molecule has 142 heavy (non-hydrogen) atoms. The SMILES string of the molecule is CC(C)(C)c1ccn[nH]1.CC(C)(C)c1cnco1.CC(C)(C)c1cncs1.CC(C)(C)c1nn[nH]n1.CC(C)(C)c1nnc(N)s1.CC(C)(C)n1cccn1.CC(C)(C)n1ccnc1.CC(C)(C)n1cncn1.CC(C)(C)n1cnnn1.Cc1cnc(C(C)(C)C)o1.Cc1nc(C(C)(C)C)n[nH]1.Cc1nc(C(C)(C)C)no1.Cc1nnc(C(C)(C)C)o1.Cc1nnnn1C(C)(C)C.Cc1noc(C(C)(C)C)n1. The van der Waals surface area contributed by atoms with E-state index in [1.54, 1.807) is 84.5 Å². The van der Waals surface area contributed by atoms with Gasteiger partial charge in [-0.15, -0.1) is 52.1 Å². The predicted molar refractivity (Wildman–Crippen MR) is 562 cm³/mol. The summed E-state index contributed by atoms with van der Waals surface area (Å²) in [6.07, 6.45) is 22.9. The van der Waals surface area contributed by atoms with Crippen molar-refractivity contribution in [3.63, 3.8) is 0 Å². The molecule has 0 amide bonds. The Kier molecular flexibility index (Phi) is 49.0. The number of nitrogens with one attached hydrogen (secondary N) is 3. The van der Waals surface area contributed by atoms with Gasteiger partial charge < -0.3 is 32.6 Å². The average Bonchev–Trinajstić information content (AvgIpc) is 1.76. The maximum Gasteiger partial charge on any atom is 0.232 e. The molecule has 0 atom stereocenters. The molecule has 0 aromatic carbocycles. The minimum atomic E-state index is -0.0265. The Bertz CT molecular complexity index is 4760. The lowest BCUT2D eigenvalue weighted by molar-refractivity contribution is 0.319. The molecule has 0 saturated heterocycles. The van der Waals surface area contributed by atoms with Gasteiger partial charge in [0.15, 0.2) is 35.6 Å². The minimum Gasteiger partial charge on any atom is -0.448 e. The Hall–Kier alpha value is -12.0. The first-order chi connectivity index (χ1) is 64.4. The summed E-state index contributed by atoms with van der Waals surface area (Å²) in [4.78, 5) is 33.5. The van der Waals surface area contributed by atoms with E-state index in [0.717, 1.165) is 51.5 Å². The Morgan fingerprint density at radius 2 is 1.00 bits per heavy atom. The number of aryl methyl sites for hydroxylation is 6. The van der Waals surface area contributed by atoms with Crippen molar-refractivity contribution >= 4 is 27.8 Å². The van der Waals surface area contributed by atoms with E-state index in [-0.39, 0.29) is 81.8 Å². The van der Waals surface area contributed by atoms with E-state index in [1.807, 2.05) is 163 Å². The number of thiazole rings is 1. The van der Waals surface area contributed by atoms with Gasteiger partial charge in [-0.1, -0.05) is 235 Å². The van der Waals surface area contributed by atoms with Crippen LogP contribution < -0.4 is 5.73 Å². The van der Waals surface area contributed by atoms with Crippen LogP contribution in [0.3, 0.4) is 0 Å². The van der Waals surface area contributed by atoms with Crippen LogP contribution in [0.1, 0.15) is 403 Å². The van der Waals surface area contributed by atoms with E-state index in [0.29, 0.717) is 34.5 Å². The lowest BCUT2D eigenvalue weighted by Crippen LogP contribution is -2.24. The molecule has 15 heterocycles. The minimum absolute atomic E-state index is 0.00222. The van der Waals surface area contributed by atoms with E-state index >= 15 is 0 Å². The second kappa shape index (κ2) is 54.4. The fourth-order valence-corrected chi connectivity index (χ4v) is 10.6. The summed E-state index contributed by atoms with van der Waals surface area (Å²) in [6, 6.07) is 3.94. The van der Waals surface area contributed by atoms with Gasteiger partial charge >= 0.3 is 0 Å². The summed E-state index contributed by atoms with van der Waals surface area (Å²) in [7, 11) is 0. The van der Waals surface area contributed by atoms with Gasteiger partial charge in [0.05, 0.1) is 46.4 Å². The molecule has 41 nitrogen and oxygen atoms in total. The van der Waals surface area contributed by atoms with E-state index in [9.17, 15) is 0 Å². The number of tetrazole rings is 3. The van der Waals surface area contributed by atoms with Crippen molar-refractivity contribution in [2.24, 2.45) is 0 Å². The van der Waals surface area contributed by atoms with Crippen LogP contribution in [0, 0.1) is 41.5 Å². The first-order valence-electron chi connectivity index (χ1n) is 47.0. The highest BCUT2D eigenvalue weighted by Crippen LogP contribution is 2.29. The lowest BCUT2D eigenvalue weighted by Gasteiger charge is -2.19. The number of nitrogens with zero attached hydrogens (tertiary/aromatic N) is 32. The number of rotatable bonds is 0. The van der Waals surface area contributed by atoms with Crippen LogP contribution in [0.25, 0.3) is 0 Å². The standard InChI is InChI=1S/C8H13NO.C7H13N3.3C7H12N2O.3C7H12N2.C7H11NO.C7H11NS.C6H12N4.C6H11N3S.C6H11N3.2C5H10N4/c1-6-5-9-7(10-6)8(2,3)4;1-5-8-6(10-9-5)7(2,3)4;1-5-8-9-6(10-5)7(2,3)4;1-5-8-6(9-10-5)7(2,3)4;1-5-8-6(10-9-5)7(2,3)4;1-7(2,3)9-5-4-8-6-9;1-7(2,3)9-6-4-5-8-9;1-7(2,3)6-4-5-8-9-6;2*1-7(2,3)6-4-8-5-9-6;1-5-7-8-9-10(5)6(2,3)4;1-6(2,3)4-8-9-5(7)10-4;1-6(2,3)9-5-7-4-8-9;1-5(2,3)9-4-6-7-8-9;1-5(2,3)4-6-8-9-7-4/h5H,1-4H3;1-4H3,(H,8,9,10);3*1-4H3;2*4-6H,1-3H3;4-5H,1-3H3,(H,8,9);2*4-5H,1-3H3;1-4H3;1-3H3,(H2,7,9);4-5H,1-3H3;4H,1-3H3;1-3H3,(H,6,7,8,9). The molecule has 0 fully saturated rings. The lowest BCUT2D eigenvalue weighted by atomic mass is 9.93. The predicted octanol–water partition coefficient (Wildman–Crippen LogP) is 22.2. The monoisotopic (exact) mass is 2010 g/mol. The number of nitrogen functional groups attached to an aromatic ring is 1. The van der Waals surface area contributed by atoms with Crippen molar-refractivity contribution < 1.29 is 22.3 Å². The van der Waals surface area contributed by atoms with Gasteiger partial charge in [0.2, 0.25) is 28.7 Å². The van der Waals surface area contributed by atoms with E-state index < -0.39 is 0 Å². The second-order valence-corrected chi connectivity index (χ2v) is 50.2. The molecule has 0 aliphatic heterocycles. The van der Waals surface area contributed by atoms with Crippen LogP contribution in [0.4, 0.5) is 5.13 Å². The summed E-state index contributed by atoms with van der Waals surface area (Å²) < 4.78 is 34.8. The first kappa shape index (κ1) is 128. The number of aromatic nitrogens is 35. The highest BCUT2D eigenvalue weighted by molar-refractivity contribution is 7.15. The molecule has 0 unspecified atom stereocenters. The van der Waals surface area contributed by atoms with Crippen molar-refractivity contribution in [3.05, 3.63) is 190 Å². The van der Waals surface area contributed by atoms with Crippen LogP contribution >= 0.6 is 22.7 Å². The molecule has 0 aliphatic carbocycles. The van der Waals surface area contributed by atoms with Gasteiger partial charge in [0.25, 0.3) is 0 Å². The summed E-state index contributed by atoms with van der Waals surface area (Å²) in [5.74, 6) is 10.1. The van der Waals surface area contributed by atoms with E-state index in [2.05, 4.69) is 386 Å². The molecule has 0 bridgehead atoms. The van der Waals surface area contributed by atoms with Crippen molar-refractivity contribution in [1.29, 1.82) is 0 Å². The zero-order chi connectivity index (χ0) is 110. The zero-order valence-corrected chi connectivity index (χ0v) is 97.1. The summed E-state index contributed by atoms with van der Waals surface area (Å²) in [5.41, 5.74) is 9.55. The van der Waals surface area contributed by atoms with Crippen molar-refractivity contribution in [3.8, 4) is 0 Å². The highest BCUT2D eigenvalue weighted by atomic mass is 32.1. The maximum absolute atomic E-state index is 5.42. The van der Waals surface area contributed by atoms with Crippen LogP contribution in [0.15, 0.2) is 121 Å². The Morgan fingerprint density at radius 3 is 1.21 bits per heavy atom.